The molecule has 2 amide bonds. The Morgan fingerprint density at radius 3 is 2.51 bits per heavy atom. The largest absolute Gasteiger partial charge is 0.493 e. The smallest absolute Gasteiger partial charge is 0.253 e. The number of hydrogen-bond acceptors (Lipinski definition) is 4. The Kier molecular flexibility index (Phi) is 8.45. The summed E-state index contributed by atoms with van der Waals surface area (Å²) >= 11 is 0. The lowest BCUT2D eigenvalue weighted by Crippen LogP contribution is -2.30. The molecule has 1 fully saturated rings. The molecule has 2 aliphatic heterocycles. The summed E-state index contributed by atoms with van der Waals surface area (Å²) in [5.74, 6) is 1.56. The first-order chi connectivity index (χ1) is 17.0. The summed E-state index contributed by atoms with van der Waals surface area (Å²) in [6.45, 7) is 12.2. The Hall–Kier alpha value is -2.86. The molecule has 2 aromatic rings. The lowest BCUT2D eigenvalue weighted by molar-refractivity contribution is 0.0772. The van der Waals surface area contributed by atoms with Crippen molar-refractivity contribution < 1.29 is 14.3 Å². The van der Waals surface area contributed by atoms with Crippen LogP contribution in [-0.2, 0) is 6.54 Å². The van der Waals surface area contributed by atoms with Crippen molar-refractivity contribution in [1.82, 2.24) is 15.1 Å². The van der Waals surface area contributed by atoms with Gasteiger partial charge in [0, 0.05) is 36.7 Å². The number of fused-ring (bicyclic) bond motifs is 1. The molecule has 1 saturated heterocycles. The molecular weight excluding hydrogens is 438 g/mol. The molecule has 0 aromatic heterocycles. The first-order valence-corrected chi connectivity index (χ1v) is 13.2. The predicted octanol–water partition coefficient (Wildman–Crippen LogP) is 4.70. The normalized spacial score (nSPS) is 20.1. The lowest BCUT2D eigenvalue weighted by Gasteiger charge is -2.26. The fraction of sp³-hybridized carbons (Fsp3) is 0.517. The van der Waals surface area contributed by atoms with Crippen LogP contribution in [-0.4, -0.2) is 60.9 Å². The third-order valence-corrected chi connectivity index (χ3v) is 7.55. The highest BCUT2D eigenvalue weighted by molar-refractivity contribution is 5.98. The van der Waals surface area contributed by atoms with Crippen LogP contribution in [0.1, 0.15) is 77.8 Å². The van der Waals surface area contributed by atoms with Gasteiger partial charge in [-0.2, -0.15) is 0 Å². The van der Waals surface area contributed by atoms with Crippen LogP contribution in [0.5, 0.6) is 5.75 Å². The summed E-state index contributed by atoms with van der Waals surface area (Å²) in [6.07, 6.45) is 3.30. The van der Waals surface area contributed by atoms with Crippen molar-refractivity contribution in [2.24, 2.45) is 5.92 Å². The zero-order chi connectivity index (χ0) is 24.8. The molecular formula is C29H39N3O3. The second kappa shape index (κ2) is 11.7. The third kappa shape index (κ3) is 5.87. The van der Waals surface area contributed by atoms with E-state index in [9.17, 15) is 9.59 Å². The molecule has 2 atom stereocenters. The zero-order valence-electron chi connectivity index (χ0n) is 21.4. The van der Waals surface area contributed by atoms with Gasteiger partial charge in [0.2, 0.25) is 0 Å². The lowest BCUT2D eigenvalue weighted by atomic mass is 9.82. The topological polar surface area (TPSA) is 61.9 Å². The summed E-state index contributed by atoms with van der Waals surface area (Å²) < 4.78 is 6.28. The van der Waals surface area contributed by atoms with E-state index in [2.05, 4.69) is 29.3 Å². The average molecular weight is 478 g/mol. The zero-order valence-corrected chi connectivity index (χ0v) is 21.4. The van der Waals surface area contributed by atoms with Crippen LogP contribution < -0.4 is 10.1 Å². The number of carbonyl (C=O) groups is 2. The molecule has 35 heavy (non-hydrogen) atoms. The second-order valence-electron chi connectivity index (χ2n) is 9.70. The van der Waals surface area contributed by atoms with Crippen molar-refractivity contribution in [3.63, 3.8) is 0 Å². The monoisotopic (exact) mass is 477 g/mol. The Balaban J connectivity index is 1.50. The van der Waals surface area contributed by atoms with Gasteiger partial charge in [-0.3, -0.25) is 9.59 Å². The second-order valence-corrected chi connectivity index (χ2v) is 9.70. The predicted molar refractivity (Wildman–Crippen MR) is 139 cm³/mol. The van der Waals surface area contributed by atoms with E-state index in [4.69, 9.17) is 4.74 Å². The molecule has 0 aliphatic carbocycles. The Morgan fingerprint density at radius 2 is 1.80 bits per heavy atom. The summed E-state index contributed by atoms with van der Waals surface area (Å²) in [5, 5.41) is 2.87. The quantitative estimate of drug-likeness (QED) is 0.569. The highest BCUT2D eigenvalue weighted by Crippen LogP contribution is 2.35. The van der Waals surface area contributed by atoms with Crippen LogP contribution in [0.2, 0.25) is 0 Å². The van der Waals surface area contributed by atoms with Gasteiger partial charge in [0.05, 0.1) is 6.61 Å². The van der Waals surface area contributed by atoms with Crippen LogP contribution in [0, 0.1) is 5.92 Å². The molecule has 6 nitrogen and oxygen atoms in total. The molecule has 4 rings (SSSR count). The van der Waals surface area contributed by atoms with Gasteiger partial charge >= 0.3 is 0 Å². The van der Waals surface area contributed by atoms with Crippen molar-refractivity contribution in [3.8, 4) is 5.75 Å². The fourth-order valence-electron chi connectivity index (χ4n) is 5.45. The van der Waals surface area contributed by atoms with Gasteiger partial charge in [-0.15, -0.1) is 0 Å². The van der Waals surface area contributed by atoms with E-state index in [1.165, 1.54) is 5.56 Å². The molecule has 6 heteroatoms. The van der Waals surface area contributed by atoms with E-state index >= 15 is 0 Å². The van der Waals surface area contributed by atoms with Gasteiger partial charge in [-0.25, -0.2) is 0 Å². The number of likely N-dealkylation sites (tertiary alicyclic amines) is 1. The van der Waals surface area contributed by atoms with E-state index < -0.39 is 0 Å². The van der Waals surface area contributed by atoms with Crippen molar-refractivity contribution in [3.05, 3.63) is 64.7 Å². The van der Waals surface area contributed by atoms with Gasteiger partial charge in [0.25, 0.3) is 11.8 Å². The Bertz CT molecular complexity index is 1020. The fourth-order valence-corrected chi connectivity index (χ4v) is 5.45. The number of carbonyl (C=O) groups excluding carboxylic acids is 2. The molecule has 0 unspecified atom stereocenters. The van der Waals surface area contributed by atoms with Crippen LogP contribution in [0.4, 0.5) is 0 Å². The first-order valence-electron chi connectivity index (χ1n) is 13.2. The van der Waals surface area contributed by atoms with Gasteiger partial charge in [-0.05, 0) is 94.1 Å². The highest BCUT2D eigenvalue weighted by atomic mass is 16.5. The molecule has 2 heterocycles. The van der Waals surface area contributed by atoms with Gasteiger partial charge in [0.1, 0.15) is 5.75 Å². The average Bonchev–Trinajstić information content (AvgIpc) is 3.13. The number of rotatable bonds is 9. The van der Waals surface area contributed by atoms with Crippen molar-refractivity contribution in [1.29, 1.82) is 0 Å². The van der Waals surface area contributed by atoms with Crippen LogP contribution in [0.3, 0.4) is 0 Å². The first kappa shape index (κ1) is 25.2. The maximum Gasteiger partial charge on any atom is 0.253 e. The molecule has 2 aliphatic rings. The van der Waals surface area contributed by atoms with Gasteiger partial charge in [-0.1, -0.05) is 25.1 Å². The Labute approximate surface area is 209 Å². The number of nitrogens with zero attached hydrogens (tertiary/aromatic N) is 2. The van der Waals surface area contributed by atoms with Crippen molar-refractivity contribution >= 4 is 11.8 Å². The minimum Gasteiger partial charge on any atom is -0.493 e. The number of ether oxygens (including phenoxy) is 1. The van der Waals surface area contributed by atoms with Crippen LogP contribution in [0.25, 0.3) is 0 Å². The highest BCUT2D eigenvalue weighted by Gasteiger charge is 2.29. The Morgan fingerprint density at radius 1 is 1.06 bits per heavy atom. The number of benzene rings is 2. The summed E-state index contributed by atoms with van der Waals surface area (Å²) in [5.41, 5.74) is 3.79. The van der Waals surface area contributed by atoms with Gasteiger partial charge < -0.3 is 19.9 Å². The molecule has 0 radical (unpaired) electrons. The maximum absolute atomic E-state index is 12.8. The number of amides is 2. The minimum absolute atomic E-state index is 0.0210. The summed E-state index contributed by atoms with van der Waals surface area (Å²) in [4.78, 5) is 29.2. The minimum atomic E-state index is -0.0210. The van der Waals surface area contributed by atoms with Crippen LogP contribution >= 0.6 is 0 Å². The number of hydrogen-bond donors (Lipinski definition) is 1. The summed E-state index contributed by atoms with van der Waals surface area (Å²) in [6, 6.07) is 14.1. The molecule has 1 N–H and O–H groups in total. The maximum atomic E-state index is 12.8. The van der Waals surface area contributed by atoms with E-state index in [0.29, 0.717) is 25.0 Å². The van der Waals surface area contributed by atoms with Crippen molar-refractivity contribution in [2.75, 3.05) is 39.3 Å². The number of nitrogens with one attached hydrogen (secondary N) is 1. The van der Waals surface area contributed by atoms with E-state index in [1.807, 2.05) is 49.1 Å². The third-order valence-electron chi connectivity index (χ3n) is 7.55. The molecule has 0 bridgehead atoms. The van der Waals surface area contributed by atoms with Crippen LogP contribution in [0.15, 0.2) is 42.5 Å². The van der Waals surface area contributed by atoms with E-state index in [-0.39, 0.29) is 11.8 Å². The standard InChI is InChI=1S/C29H39N3O3/c1-4-15-31-16-13-24(20-35-25-12-11-23-19-30-28(33)27(23)18-25)26(14-17-31)21-7-9-22(10-8-21)29(34)32(5-2)6-3/h7-12,18,24,26H,4-6,13-17,19-20H2,1-3H3,(H,30,33)/t24-,26-/m1/s1. The summed E-state index contributed by atoms with van der Waals surface area (Å²) in [7, 11) is 0. The van der Waals surface area contributed by atoms with E-state index in [0.717, 1.165) is 74.4 Å². The molecule has 2 aromatic carbocycles. The molecule has 0 saturated carbocycles. The van der Waals surface area contributed by atoms with Crippen molar-refractivity contribution in [2.45, 2.75) is 52.5 Å². The molecule has 188 valence electrons. The van der Waals surface area contributed by atoms with Gasteiger partial charge in [0.15, 0.2) is 0 Å². The molecule has 0 spiro atoms. The van der Waals surface area contributed by atoms with E-state index in [1.54, 1.807) is 0 Å². The SMILES string of the molecule is CCCN1CC[C@H](COc2ccc3c(c2)C(=O)NC3)[C@@H](c2ccc(C(=O)N(CC)CC)cc2)CC1.